The van der Waals surface area contributed by atoms with Crippen molar-refractivity contribution < 1.29 is 0 Å². The van der Waals surface area contributed by atoms with Crippen molar-refractivity contribution in [3.05, 3.63) is 12.4 Å². The smallest absolute Gasteiger partial charge is 0.101 e. The molecule has 2 nitrogen and oxygen atoms in total. The third-order valence-corrected chi connectivity index (χ3v) is 9.57. The van der Waals surface area contributed by atoms with Crippen molar-refractivity contribution >= 4 is 0 Å². The Morgan fingerprint density at radius 2 is 0.585 bits per heavy atom. The van der Waals surface area contributed by atoms with E-state index in [1.165, 1.54) is 212 Å². The van der Waals surface area contributed by atoms with Crippen molar-refractivity contribution in [2.24, 2.45) is 0 Å². The molecular weight excluding hydrogens is 496 g/mol. The van der Waals surface area contributed by atoms with Crippen molar-refractivity contribution in [2.45, 2.75) is 226 Å². The van der Waals surface area contributed by atoms with Crippen LogP contribution in [0.2, 0.25) is 0 Å². The Bertz CT molecular complexity index is 530. The number of rotatable bonds is 33. The first-order valence-electron chi connectivity index (χ1n) is 19.5. The van der Waals surface area contributed by atoms with Crippen LogP contribution in [0.3, 0.4) is 0 Å². The minimum Gasteiger partial charge on any atom is -0.356 e. The monoisotopic (exact) mass is 575 g/mol. The maximum atomic E-state index is 2.69. The molecule has 2 heteroatoms. The molecule has 0 saturated heterocycles. The highest BCUT2D eigenvalue weighted by Crippen LogP contribution is 2.24. The molecule has 0 bridgehead atoms. The predicted octanol–water partition coefficient (Wildman–Crippen LogP) is 13.6. The molecule has 0 amide bonds. The van der Waals surface area contributed by atoms with E-state index in [-0.39, 0.29) is 0 Å². The Morgan fingerprint density at radius 3 is 0.927 bits per heavy atom. The summed E-state index contributed by atoms with van der Waals surface area (Å²) in [7, 11) is 0. The van der Waals surface area contributed by atoms with Gasteiger partial charge >= 0.3 is 0 Å². The Hall–Kier alpha value is -0.660. The molecule has 1 aliphatic heterocycles. The molecule has 0 saturated carbocycles. The molecule has 1 heterocycles. The third-order valence-electron chi connectivity index (χ3n) is 9.57. The molecule has 0 radical (unpaired) electrons. The molecule has 0 aromatic rings. The zero-order valence-electron chi connectivity index (χ0n) is 29.0. The van der Waals surface area contributed by atoms with Crippen LogP contribution in [-0.4, -0.2) is 29.1 Å². The van der Waals surface area contributed by atoms with Crippen molar-refractivity contribution in [1.82, 2.24) is 9.80 Å². The molecule has 0 spiro atoms. The SMILES string of the molecule is CCCCCCCCCCCCCCCCCN1C=CN(CCCC)C1CCCCCCCCCCCCCCC. The van der Waals surface area contributed by atoms with Crippen molar-refractivity contribution in [1.29, 1.82) is 0 Å². The maximum absolute atomic E-state index is 2.69. The fourth-order valence-corrected chi connectivity index (χ4v) is 6.69. The molecular formula is C39H78N2. The van der Waals surface area contributed by atoms with E-state index >= 15 is 0 Å². The van der Waals surface area contributed by atoms with Gasteiger partial charge in [-0.05, 0) is 25.7 Å². The molecule has 0 aromatic carbocycles. The summed E-state index contributed by atoms with van der Waals surface area (Å²) in [6.45, 7) is 9.45. The van der Waals surface area contributed by atoms with E-state index in [1.807, 2.05) is 0 Å². The van der Waals surface area contributed by atoms with Gasteiger partial charge in [-0.15, -0.1) is 0 Å². The first kappa shape index (κ1) is 38.4. The average molecular weight is 575 g/mol. The average Bonchev–Trinajstić information content (AvgIpc) is 3.37. The highest BCUT2D eigenvalue weighted by molar-refractivity contribution is 4.96. The normalized spacial score (nSPS) is 15.0. The standard InChI is InChI=1S/C39H78N2/c1-4-7-10-12-14-16-18-20-21-23-25-27-29-31-33-36-41-38-37-40(35-9-6-3)39(41)34-32-30-28-26-24-22-19-17-15-13-11-8-5-2/h37-39H,4-36H2,1-3H3. The first-order chi connectivity index (χ1) is 20.3. The van der Waals surface area contributed by atoms with Crippen LogP contribution < -0.4 is 0 Å². The quantitative estimate of drug-likeness (QED) is 0.0719. The number of unbranched alkanes of at least 4 members (excludes halogenated alkanes) is 27. The molecule has 1 unspecified atom stereocenters. The van der Waals surface area contributed by atoms with Crippen LogP contribution in [0.5, 0.6) is 0 Å². The fraction of sp³-hybridized carbons (Fsp3) is 0.949. The van der Waals surface area contributed by atoms with E-state index in [0.29, 0.717) is 6.17 Å². The second-order valence-corrected chi connectivity index (χ2v) is 13.6. The highest BCUT2D eigenvalue weighted by atomic mass is 15.4. The largest absolute Gasteiger partial charge is 0.356 e. The Kier molecular flexibility index (Phi) is 28.8. The molecule has 0 aromatic heterocycles. The lowest BCUT2D eigenvalue weighted by Gasteiger charge is -2.33. The van der Waals surface area contributed by atoms with Gasteiger partial charge in [0.15, 0.2) is 0 Å². The van der Waals surface area contributed by atoms with Crippen LogP contribution >= 0.6 is 0 Å². The Labute approximate surface area is 260 Å². The summed E-state index contributed by atoms with van der Waals surface area (Å²) in [6.07, 6.45) is 50.0. The molecule has 1 rings (SSSR count). The zero-order valence-corrected chi connectivity index (χ0v) is 29.0. The molecule has 0 N–H and O–H groups in total. The second kappa shape index (κ2) is 30.8. The van der Waals surface area contributed by atoms with E-state index in [1.54, 1.807) is 0 Å². The first-order valence-corrected chi connectivity index (χ1v) is 19.5. The summed E-state index contributed by atoms with van der Waals surface area (Å²) in [5.74, 6) is 0. The van der Waals surface area contributed by atoms with Crippen molar-refractivity contribution in [3.63, 3.8) is 0 Å². The van der Waals surface area contributed by atoms with Crippen molar-refractivity contribution in [2.75, 3.05) is 13.1 Å². The van der Waals surface area contributed by atoms with Crippen LogP contribution in [0.1, 0.15) is 220 Å². The van der Waals surface area contributed by atoms with E-state index in [2.05, 4.69) is 43.0 Å². The number of nitrogens with zero attached hydrogens (tertiary/aromatic N) is 2. The predicted molar refractivity (Wildman–Crippen MR) is 186 cm³/mol. The minimum atomic E-state index is 0.640. The second-order valence-electron chi connectivity index (χ2n) is 13.6. The molecule has 1 aliphatic rings. The summed E-state index contributed by atoms with van der Waals surface area (Å²) < 4.78 is 0. The van der Waals surface area contributed by atoms with Crippen LogP contribution in [0.4, 0.5) is 0 Å². The molecule has 0 fully saturated rings. The Balaban J connectivity index is 2.03. The van der Waals surface area contributed by atoms with Gasteiger partial charge in [0.1, 0.15) is 6.17 Å². The van der Waals surface area contributed by atoms with Crippen LogP contribution in [0.15, 0.2) is 12.4 Å². The van der Waals surface area contributed by atoms with E-state index in [0.717, 1.165) is 0 Å². The van der Waals surface area contributed by atoms with Gasteiger partial charge in [-0.1, -0.05) is 194 Å². The van der Waals surface area contributed by atoms with E-state index in [9.17, 15) is 0 Å². The zero-order chi connectivity index (χ0) is 29.5. The molecule has 0 aliphatic carbocycles. The van der Waals surface area contributed by atoms with Crippen molar-refractivity contribution in [3.8, 4) is 0 Å². The van der Waals surface area contributed by atoms with Gasteiger partial charge < -0.3 is 9.80 Å². The summed E-state index contributed by atoms with van der Waals surface area (Å²) in [5.41, 5.74) is 0. The molecule has 41 heavy (non-hydrogen) atoms. The number of hydrogen-bond donors (Lipinski definition) is 0. The Morgan fingerprint density at radius 1 is 0.317 bits per heavy atom. The lowest BCUT2D eigenvalue weighted by Crippen LogP contribution is -2.39. The van der Waals surface area contributed by atoms with Gasteiger partial charge in [0, 0.05) is 25.5 Å². The van der Waals surface area contributed by atoms with Crippen LogP contribution in [0.25, 0.3) is 0 Å². The molecule has 1 atom stereocenters. The minimum absolute atomic E-state index is 0.640. The summed E-state index contributed by atoms with van der Waals surface area (Å²) in [6, 6.07) is 0. The van der Waals surface area contributed by atoms with Gasteiger partial charge in [0.25, 0.3) is 0 Å². The van der Waals surface area contributed by atoms with Gasteiger partial charge in [-0.3, -0.25) is 0 Å². The summed E-state index contributed by atoms with van der Waals surface area (Å²) in [4.78, 5) is 5.35. The van der Waals surface area contributed by atoms with Crippen LogP contribution in [-0.2, 0) is 0 Å². The fourth-order valence-electron chi connectivity index (χ4n) is 6.69. The highest BCUT2D eigenvalue weighted by Gasteiger charge is 2.24. The summed E-state index contributed by atoms with van der Waals surface area (Å²) >= 11 is 0. The lowest BCUT2D eigenvalue weighted by molar-refractivity contribution is 0.136. The van der Waals surface area contributed by atoms with Gasteiger partial charge in [0.2, 0.25) is 0 Å². The van der Waals surface area contributed by atoms with E-state index < -0.39 is 0 Å². The maximum Gasteiger partial charge on any atom is 0.101 e. The van der Waals surface area contributed by atoms with Crippen LogP contribution in [0, 0.1) is 0 Å². The van der Waals surface area contributed by atoms with E-state index in [4.69, 9.17) is 0 Å². The lowest BCUT2D eigenvalue weighted by atomic mass is 10.0. The molecule has 244 valence electrons. The van der Waals surface area contributed by atoms with Gasteiger partial charge in [-0.25, -0.2) is 0 Å². The topological polar surface area (TPSA) is 6.48 Å². The van der Waals surface area contributed by atoms with Gasteiger partial charge in [0.05, 0.1) is 0 Å². The number of hydrogen-bond acceptors (Lipinski definition) is 2. The third kappa shape index (κ3) is 23.5. The summed E-state index contributed by atoms with van der Waals surface area (Å²) in [5, 5.41) is 0. The van der Waals surface area contributed by atoms with Gasteiger partial charge in [-0.2, -0.15) is 0 Å².